The number of nitrogens with two attached hydrogens (primary N) is 2. The molecule has 0 bridgehead atoms. The lowest BCUT2D eigenvalue weighted by molar-refractivity contribution is -0.147. The molecule has 0 fully saturated rings. The Hall–Kier alpha value is -3.48. The first-order chi connectivity index (χ1) is 15.5. The van der Waals surface area contributed by atoms with Gasteiger partial charge < -0.3 is 20.9 Å². The highest BCUT2D eigenvalue weighted by molar-refractivity contribution is 5.76. The smallest absolute Gasteiger partial charge is 0.323 e. The first-order valence-corrected chi connectivity index (χ1v) is 10.5. The van der Waals surface area contributed by atoms with E-state index in [9.17, 15) is 9.59 Å². The van der Waals surface area contributed by atoms with Gasteiger partial charge in [-0.2, -0.15) is 0 Å². The van der Waals surface area contributed by atoms with Gasteiger partial charge >= 0.3 is 11.9 Å². The maximum atomic E-state index is 12.1. The number of esters is 2. The Labute approximate surface area is 188 Å². The summed E-state index contributed by atoms with van der Waals surface area (Å²) in [6.45, 7) is 0.257. The molecular formula is C26H28N2O4. The van der Waals surface area contributed by atoms with Gasteiger partial charge in [0.25, 0.3) is 0 Å². The van der Waals surface area contributed by atoms with E-state index in [1.54, 1.807) is 0 Å². The van der Waals surface area contributed by atoms with Gasteiger partial charge in [0, 0.05) is 0 Å². The molecule has 166 valence electrons. The maximum Gasteiger partial charge on any atom is 0.323 e. The van der Waals surface area contributed by atoms with Gasteiger partial charge in [0.15, 0.2) is 0 Å². The summed E-state index contributed by atoms with van der Waals surface area (Å²) in [4.78, 5) is 24.3. The molecule has 3 rings (SSSR count). The third kappa shape index (κ3) is 7.34. The summed E-state index contributed by atoms with van der Waals surface area (Å²) in [5.74, 6) is -0.890. The fourth-order valence-corrected chi connectivity index (χ4v) is 3.16. The minimum atomic E-state index is -0.712. The summed E-state index contributed by atoms with van der Waals surface area (Å²) in [5, 5.41) is 0. The zero-order chi connectivity index (χ0) is 22.8. The lowest BCUT2D eigenvalue weighted by Gasteiger charge is -2.13. The second-order valence-electron chi connectivity index (χ2n) is 7.62. The van der Waals surface area contributed by atoms with E-state index < -0.39 is 24.0 Å². The molecule has 0 spiro atoms. The van der Waals surface area contributed by atoms with Crippen LogP contribution in [0.3, 0.4) is 0 Å². The van der Waals surface area contributed by atoms with Gasteiger partial charge in [0.05, 0.1) is 0 Å². The fourth-order valence-electron chi connectivity index (χ4n) is 3.16. The van der Waals surface area contributed by atoms with Crippen molar-refractivity contribution >= 4 is 11.9 Å². The van der Waals surface area contributed by atoms with Gasteiger partial charge in [-0.3, -0.25) is 9.59 Å². The van der Waals surface area contributed by atoms with Gasteiger partial charge in [-0.05, 0) is 35.1 Å². The Balaban J connectivity index is 1.40. The van der Waals surface area contributed by atoms with Crippen LogP contribution in [0.25, 0.3) is 0 Å². The quantitative estimate of drug-likeness (QED) is 0.477. The molecule has 3 aromatic rings. The summed E-state index contributed by atoms with van der Waals surface area (Å²) < 4.78 is 10.6. The van der Waals surface area contributed by atoms with Gasteiger partial charge in [-0.15, -0.1) is 0 Å². The second-order valence-corrected chi connectivity index (χ2v) is 7.62. The number of benzene rings is 3. The molecule has 0 radical (unpaired) electrons. The SMILES string of the molecule is N[C@@H](Cc1ccccc1)C(=O)OCc1ccc(COC(=O)[C@@H](N)Cc2ccccc2)cc1. The fraction of sp³-hybridized carbons (Fsp3) is 0.231. The summed E-state index contributed by atoms with van der Waals surface area (Å²) in [5.41, 5.74) is 15.5. The average molecular weight is 433 g/mol. The van der Waals surface area contributed by atoms with Crippen LogP contribution in [-0.2, 0) is 45.1 Å². The molecule has 0 saturated carbocycles. The normalized spacial score (nSPS) is 12.6. The highest BCUT2D eigenvalue weighted by Gasteiger charge is 2.17. The molecule has 0 amide bonds. The van der Waals surface area contributed by atoms with E-state index in [1.165, 1.54) is 0 Å². The summed E-state index contributed by atoms with van der Waals surface area (Å²) >= 11 is 0. The van der Waals surface area contributed by atoms with Crippen LogP contribution in [-0.4, -0.2) is 24.0 Å². The van der Waals surface area contributed by atoms with Crippen molar-refractivity contribution < 1.29 is 19.1 Å². The van der Waals surface area contributed by atoms with Crippen molar-refractivity contribution in [2.24, 2.45) is 11.5 Å². The van der Waals surface area contributed by atoms with E-state index in [0.717, 1.165) is 22.3 Å². The van der Waals surface area contributed by atoms with Crippen molar-refractivity contribution in [1.29, 1.82) is 0 Å². The zero-order valence-corrected chi connectivity index (χ0v) is 17.9. The van der Waals surface area contributed by atoms with E-state index in [-0.39, 0.29) is 13.2 Å². The van der Waals surface area contributed by atoms with E-state index in [0.29, 0.717) is 12.8 Å². The van der Waals surface area contributed by atoms with Crippen LogP contribution in [0.4, 0.5) is 0 Å². The lowest BCUT2D eigenvalue weighted by atomic mass is 10.1. The zero-order valence-electron chi connectivity index (χ0n) is 17.9. The molecule has 32 heavy (non-hydrogen) atoms. The van der Waals surface area contributed by atoms with Crippen molar-refractivity contribution in [3.05, 3.63) is 107 Å². The molecule has 2 atom stereocenters. The maximum absolute atomic E-state index is 12.1. The van der Waals surface area contributed by atoms with E-state index in [2.05, 4.69) is 0 Å². The average Bonchev–Trinajstić information content (AvgIpc) is 2.82. The van der Waals surface area contributed by atoms with Gasteiger partial charge in [-0.25, -0.2) is 0 Å². The van der Waals surface area contributed by atoms with Crippen LogP contribution >= 0.6 is 0 Å². The van der Waals surface area contributed by atoms with Crippen LogP contribution in [0.5, 0.6) is 0 Å². The number of carbonyl (C=O) groups is 2. The van der Waals surface area contributed by atoms with E-state index in [1.807, 2.05) is 84.9 Å². The highest BCUT2D eigenvalue weighted by Crippen LogP contribution is 2.10. The van der Waals surface area contributed by atoms with Crippen molar-refractivity contribution in [2.45, 2.75) is 38.1 Å². The molecule has 0 unspecified atom stereocenters. The molecule has 0 aliphatic heterocycles. The minimum absolute atomic E-state index is 0.128. The second kappa shape index (κ2) is 11.8. The predicted octanol–water partition coefficient (Wildman–Crippen LogP) is 2.91. The number of ether oxygens (including phenoxy) is 2. The topological polar surface area (TPSA) is 105 Å². The molecule has 0 aliphatic carbocycles. The first-order valence-electron chi connectivity index (χ1n) is 10.5. The molecule has 0 saturated heterocycles. The van der Waals surface area contributed by atoms with Crippen molar-refractivity contribution in [3.63, 3.8) is 0 Å². The molecule has 6 heteroatoms. The molecule has 0 aromatic heterocycles. The number of hydrogen-bond donors (Lipinski definition) is 2. The lowest BCUT2D eigenvalue weighted by Crippen LogP contribution is -2.34. The Morgan fingerprint density at radius 1 is 0.562 bits per heavy atom. The Bertz CT molecular complexity index is 909. The van der Waals surface area contributed by atoms with Gasteiger partial charge in [-0.1, -0.05) is 84.9 Å². The van der Waals surface area contributed by atoms with E-state index >= 15 is 0 Å². The third-order valence-corrected chi connectivity index (χ3v) is 4.99. The summed E-state index contributed by atoms with van der Waals surface area (Å²) in [6.07, 6.45) is 0.854. The van der Waals surface area contributed by atoms with Gasteiger partial charge in [0.1, 0.15) is 25.3 Å². The van der Waals surface area contributed by atoms with Crippen LogP contribution < -0.4 is 11.5 Å². The van der Waals surface area contributed by atoms with E-state index in [4.69, 9.17) is 20.9 Å². The Morgan fingerprint density at radius 3 is 1.25 bits per heavy atom. The van der Waals surface area contributed by atoms with Crippen LogP contribution in [0.2, 0.25) is 0 Å². The summed E-state index contributed by atoms with van der Waals surface area (Å²) in [7, 11) is 0. The van der Waals surface area contributed by atoms with Crippen LogP contribution in [0.1, 0.15) is 22.3 Å². The number of rotatable bonds is 10. The number of hydrogen-bond acceptors (Lipinski definition) is 6. The Morgan fingerprint density at radius 2 is 0.906 bits per heavy atom. The number of carbonyl (C=O) groups excluding carboxylic acids is 2. The van der Waals surface area contributed by atoms with Crippen molar-refractivity contribution in [2.75, 3.05) is 0 Å². The molecule has 3 aromatic carbocycles. The van der Waals surface area contributed by atoms with Crippen molar-refractivity contribution in [3.8, 4) is 0 Å². The van der Waals surface area contributed by atoms with Gasteiger partial charge in [0.2, 0.25) is 0 Å². The summed E-state index contributed by atoms with van der Waals surface area (Å²) in [6, 6.07) is 25.0. The molecule has 0 aliphatic rings. The van der Waals surface area contributed by atoms with Crippen molar-refractivity contribution in [1.82, 2.24) is 0 Å². The Kier molecular flexibility index (Phi) is 8.54. The molecular weight excluding hydrogens is 404 g/mol. The third-order valence-electron chi connectivity index (χ3n) is 4.99. The highest BCUT2D eigenvalue weighted by atomic mass is 16.5. The molecule has 4 N–H and O–H groups in total. The minimum Gasteiger partial charge on any atom is -0.460 e. The first kappa shape index (κ1) is 23.2. The van der Waals surface area contributed by atoms with Crippen LogP contribution in [0, 0.1) is 0 Å². The molecule has 0 heterocycles. The largest absolute Gasteiger partial charge is 0.460 e. The van der Waals surface area contributed by atoms with Crippen LogP contribution in [0.15, 0.2) is 84.9 Å². The predicted molar refractivity (Wildman–Crippen MR) is 122 cm³/mol. The molecule has 6 nitrogen and oxygen atoms in total. The standard InChI is InChI=1S/C26H28N2O4/c27-23(15-19-7-3-1-4-8-19)25(29)31-17-21-11-13-22(14-12-21)18-32-26(30)24(28)16-20-9-5-2-6-10-20/h1-14,23-24H,15-18,27-28H2/t23-,24-/m0/s1. The monoisotopic (exact) mass is 432 g/mol.